The van der Waals surface area contributed by atoms with Gasteiger partial charge in [-0.05, 0) is 31.2 Å². The molecule has 2 aromatic carbocycles. The average Bonchev–Trinajstić information content (AvgIpc) is 2.40. The van der Waals surface area contributed by atoms with Crippen molar-refractivity contribution in [1.82, 2.24) is 0 Å². The van der Waals surface area contributed by atoms with Crippen LogP contribution in [0.5, 0.6) is 0 Å². The van der Waals surface area contributed by atoms with Crippen LogP contribution in [-0.4, -0.2) is 10.8 Å². The molecule has 0 spiro atoms. The number of hydrogen-bond acceptors (Lipinski definition) is 2. The summed E-state index contributed by atoms with van der Waals surface area (Å²) in [6, 6.07) is 17.0. The van der Waals surface area contributed by atoms with Crippen LogP contribution in [-0.2, 0) is 0 Å². The molecule has 0 saturated carbocycles. The van der Waals surface area contributed by atoms with E-state index < -0.39 is 0 Å². The Hall–Kier alpha value is -2.00. The number of nitrogens with one attached hydrogen (secondary N) is 1. The van der Waals surface area contributed by atoms with E-state index in [-0.39, 0.29) is 5.78 Å². The van der Waals surface area contributed by atoms with Gasteiger partial charge < -0.3 is 5.32 Å². The first-order valence-corrected chi connectivity index (χ1v) is 6.05. The summed E-state index contributed by atoms with van der Waals surface area (Å²) in [5, 5.41) is 3.14. The molecule has 0 unspecified atom stereocenters. The van der Waals surface area contributed by atoms with Crippen LogP contribution >= 0.6 is 12.2 Å². The Balaban J connectivity index is 2.10. The molecule has 18 heavy (non-hydrogen) atoms. The second-order valence-electron chi connectivity index (χ2n) is 3.95. The fourth-order valence-electron chi connectivity index (χ4n) is 1.58. The smallest absolute Gasteiger partial charge is 0.159 e. The summed E-state index contributed by atoms with van der Waals surface area (Å²) in [4.78, 5) is 11.8. The first-order chi connectivity index (χ1) is 8.66. The topological polar surface area (TPSA) is 29.1 Å². The number of thiocarbonyl (C=S) groups is 1. The van der Waals surface area contributed by atoms with Crippen LogP contribution in [0.2, 0.25) is 0 Å². The molecule has 0 bridgehead atoms. The molecule has 0 aromatic heterocycles. The van der Waals surface area contributed by atoms with Crippen molar-refractivity contribution in [3.05, 3.63) is 65.7 Å². The quantitative estimate of drug-likeness (QED) is 0.670. The molecular weight excluding hydrogens is 242 g/mol. The molecule has 90 valence electrons. The third kappa shape index (κ3) is 3.02. The molecule has 3 heteroatoms. The minimum atomic E-state index is 0.0622. The molecule has 0 aliphatic heterocycles. The summed E-state index contributed by atoms with van der Waals surface area (Å²) in [5.41, 5.74) is 2.56. The minimum Gasteiger partial charge on any atom is -0.346 e. The Bertz CT molecular complexity index is 561. The number of Topliss-reactive ketones (excluding diaryl/α,β-unsaturated/α-hetero) is 1. The van der Waals surface area contributed by atoms with Crippen molar-refractivity contribution in [3.8, 4) is 0 Å². The van der Waals surface area contributed by atoms with E-state index >= 15 is 0 Å². The minimum absolute atomic E-state index is 0.0622. The molecule has 0 atom stereocenters. The van der Waals surface area contributed by atoms with Gasteiger partial charge >= 0.3 is 0 Å². The van der Waals surface area contributed by atoms with Crippen molar-refractivity contribution < 1.29 is 4.79 Å². The van der Waals surface area contributed by atoms with Crippen molar-refractivity contribution in [2.24, 2.45) is 0 Å². The zero-order valence-electron chi connectivity index (χ0n) is 10.0. The fraction of sp³-hybridized carbons (Fsp3) is 0.0667. The third-order valence-corrected chi connectivity index (χ3v) is 2.92. The molecule has 1 N–H and O–H groups in total. The van der Waals surface area contributed by atoms with Crippen LogP contribution in [0.3, 0.4) is 0 Å². The van der Waals surface area contributed by atoms with E-state index in [1.54, 1.807) is 19.1 Å². The number of ketones is 1. The number of carbonyl (C=O) groups excluding carboxylic acids is 1. The summed E-state index contributed by atoms with van der Waals surface area (Å²) in [6.07, 6.45) is 0. The van der Waals surface area contributed by atoms with Crippen LogP contribution < -0.4 is 5.32 Å². The highest BCUT2D eigenvalue weighted by Crippen LogP contribution is 2.12. The number of rotatable bonds is 3. The Labute approximate surface area is 112 Å². The molecule has 0 aliphatic rings. The van der Waals surface area contributed by atoms with Crippen molar-refractivity contribution in [2.45, 2.75) is 6.92 Å². The van der Waals surface area contributed by atoms with Gasteiger partial charge in [0.15, 0.2) is 5.78 Å². The van der Waals surface area contributed by atoms with Gasteiger partial charge in [0.2, 0.25) is 0 Å². The summed E-state index contributed by atoms with van der Waals surface area (Å²) < 4.78 is 0. The molecule has 2 aromatic rings. The largest absolute Gasteiger partial charge is 0.346 e. The second-order valence-corrected chi connectivity index (χ2v) is 4.36. The normalized spacial score (nSPS) is 9.83. The van der Waals surface area contributed by atoms with Gasteiger partial charge in [-0.3, -0.25) is 4.79 Å². The lowest BCUT2D eigenvalue weighted by molar-refractivity contribution is 0.101. The highest BCUT2D eigenvalue weighted by atomic mass is 32.1. The van der Waals surface area contributed by atoms with Crippen LogP contribution in [0.1, 0.15) is 22.8 Å². The van der Waals surface area contributed by atoms with E-state index in [1.807, 2.05) is 42.5 Å². The zero-order valence-corrected chi connectivity index (χ0v) is 10.8. The summed E-state index contributed by atoms with van der Waals surface area (Å²) >= 11 is 5.31. The molecule has 0 heterocycles. The van der Waals surface area contributed by atoms with E-state index in [0.29, 0.717) is 10.6 Å². The van der Waals surface area contributed by atoms with E-state index in [2.05, 4.69) is 5.32 Å². The predicted octanol–water partition coefficient (Wildman–Crippen LogP) is 3.68. The fourth-order valence-corrected chi connectivity index (χ4v) is 1.83. The van der Waals surface area contributed by atoms with Crippen molar-refractivity contribution in [3.63, 3.8) is 0 Å². The lowest BCUT2D eigenvalue weighted by Crippen LogP contribution is -2.10. The van der Waals surface area contributed by atoms with E-state index in [0.717, 1.165) is 11.3 Å². The Morgan fingerprint density at radius 1 is 0.944 bits per heavy atom. The van der Waals surface area contributed by atoms with Gasteiger partial charge in [-0.1, -0.05) is 42.5 Å². The Morgan fingerprint density at radius 2 is 1.56 bits per heavy atom. The van der Waals surface area contributed by atoms with Crippen LogP contribution in [0.25, 0.3) is 0 Å². The van der Waals surface area contributed by atoms with Crippen LogP contribution in [0.4, 0.5) is 5.69 Å². The zero-order chi connectivity index (χ0) is 13.0. The lowest BCUT2D eigenvalue weighted by Gasteiger charge is -2.08. The van der Waals surface area contributed by atoms with Gasteiger partial charge in [-0.15, -0.1) is 0 Å². The number of hydrogen-bond donors (Lipinski definition) is 1. The van der Waals surface area contributed by atoms with Crippen LogP contribution in [0, 0.1) is 0 Å². The number of carbonyl (C=O) groups is 1. The Morgan fingerprint density at radius 3 is 2.11 bits per heavy atom. The molecular formula is C15H13NOS. The average molecular weight is 255 g/mol. The summed E-state index contributed by atoms with van der Waals surface area (Å²) in [5.74, 6) is 0.0622. The Kier molecular flexibility index (Phi) is 3.85. The number of benzene rings is 2. The molecule has 2 rings (SSSR count). The van der Waals surface area contributed by atoms with Crippen LogP contribution in [0.15, 0.2) is 54.6 Å². The lowest BCUT2D eigenvalue weighted by atomic mass is 10.1. The summed E-state index contributed by atoms with van der Waals surface area (Å²) in [7, 11) is 0. The van der Waals surface area contributed by atoms with Gasteiger partial charge in [-0.2, -0.15) is 0 Å². The van der Waals surface area contributed by atoms with Crippen molar-refractivity contribution in [2.75, 3.05) is 5.32 Å². The first-order valence-electron chi connectivity index (χ1n) is 5.64. The van der Waals surface area contributed by atoms with Gasteiger partial charge in [0, 0.05) is 16.8 Å². The predicted molar refractivity (Wildman–Crippen MR) is 78.2 cm³/mol. The van der Waals surface area contributed by atoms with Crippen molar-refractivity contribution >= 4 is 28.7 Å². The molecule has 0 aliphatic carbocycles. The maximum absolute atomic E-state index is 11.2. The van der Waals surface area contributed by atoms with Crippen molar-refractivity contribution in [1.29, 1.82) is 0 Å². The molecule has 0 saturated heterocycles. The standard InChI is InChI=1S/C15H13NOS/c1-11(17)12-7-9-14(10-8-12)16-15(18)13-5-3-2-4-6-13/h2-10H,1H3,(H,16,18). The molecule has 0 radical (unpaired) electrons. The van der Waals surface area contributed by atoms with Gasteiger partial charge in [-0.25, -0.2) is 0 Å². The van der Waals surface area contributed by atoms with Gasteiger partial charge in [0.05, 0.1) is 0 Å². The third-order valence-electron chi connectivity index (χ3n) is 2.59. The van der Waals surface area contributed by atoms with Gasteiger partial charge in [0.1, 0.15) is 4.99 Å². The maximum Gasteiger partial charge on any atom is 0.159 e. The molecule has 0 amide bonds. The van der Waals surface area contributed by atoms with E-state index in [4.69, 9.17) is 12.2 Å². The maximum atomic E-state index is 11.2. The second kappa shape index (κ2) is 5.56. The highest BCUT2D eigenvalue weighted by molar-refractivity contribution is 7.81. The summed E-state index contributed by atoms with van der Waals surface area (Å²) in [6.45, 7) is 1.55. The SMILES string of the molecule is CC(=O)c1ccc(NC(=S)c2ccccc2)cc1. The monoisotopic (exact) mass is 255 g/mol. The molecule has 0 fully saturated rings. The van der Waals surface area contributed by atoms with E-state index in [9.17, 15) is 4.79 Å². The number of anilines is 1. The van der Waals surface area contributed by atoms with E-state index in [1.165, 1.54) is 0 Å². The first kappa shape index (κ1) is 12.5. The highest BCUT2D eigenvalue weighted by Gasteiger charge is 2.02. The van der Waals surface area contributed by atoms with Gasteiger partial charge in [0.25, 0.3) is 0 Å². The molecule has 2 nitrogen and oxygen atoms in total.